The van der Waals surface area contributed by atoms with Gasteiger partial charge in [-0.15, -0.1) is 0 Å². The molecule has 0 amide bonds. The molecule has 3 nitrogen and oxygen atoms in total. The van der Waals surface area contributed by atoms with Crippen LogP contribution >= 0.6 is 11.6 Å². The Morgan fingerprint density at radius 1 is 1.47 bits per heavy atom. The van der Waals surface area contributed by atoms with Crippen molar-refractivity contribution in [3.05, 3.63) is 34.3 Å². The maximum absolute atomic E-state index is 5.99. The van der Waals surface area contributed by atoms with Crippen molar-refractivity contribution < 1.29 is 0 Å². The lowest BCUT2D eigenvalue weighted by atomic mass is 10.1. The first-order valence-corrected chi connectivity index (χ1v) is 6.41. The Hall–Kier alpha value is -1.22. The first-order chi connectivity index (χ1) is 8.25. The van der Waals surface area contributed by atoms with Crippen molar-refractivity contribution in [2.24, 2.45) is 4.99 Å². The molecule has 4 heteroatoms. The average Bonchev–Trinajstić information content (AvgIpc) is 2.35. The summed E-state index contributed by atoms with van der Waals surface area (Å²) in [5.41, 5.74) is 2.44. The highest BCUT2D eigenvalue weighted by Crippen LogP contribution is 2.16. The summed E-state index contributed by atoms with van der Waals surface area (Å²) in [4.78, 5) is 4.37. The van der Waals surface area contributed by atoms with Gasteiger partial charge in [0.1, 0.15) is 0 Å². The Balaban J connectivity index is 1.81. The zero-order valence-electron chi connectivity index (χ0n) is 10.1. The number of hydrogen-bond acceptors (Lipinski definition) is 3. The number of aliphatic imine (C=N–C) groups is 1. The molecule has 17 heavy (non-hydrogen) atoms. The van der Waals surface area contributed by atoms with E-state index in [2.05, 4.69) is 27.8 Å². The van der Waals surface area contributed by atoms with Gasteiger partial charge in [0.2, 0.25) is 0 Å². The number of guanidine groups is 1. The van der Waals surface area contributed by atoms with Crippen LogP contribution in [0, 0.1) is 6.92 Å². The molecule has 1 aromatic carbocycles. The Morgan fingerprint density at radius 3 is 3.06 bits per heavy atom. The smallest absolute Gasteiger partial charge is 0.191 e. The van der Waals surface area contributed by atoms with Crippen LogP contribution in [0.25, 0.3) is 0 Å². The lowest BCUT2D eigenvalue weighted by Crippen LogP contribution is -2.41. The topological polar surface area (TPSA) is 36.4 Å². The van der Waals surface area contributed by atoms with Gasteiger partial charge in [-0.25, -0.2) is 0 Å². The molecular formula is C13H18ClN3. The van der Waals surface area contributed by atoms with E-state index in [4.69, 9.17) is 11.6 Å². The van der Waals surface area contributed by atoms with Crippen LogP contribution in [-0.2, 0) is 6.42 Å². The molecule has 0 aliphatic carbocycles. The fourth-order valence-corrected chi connectivity index (χ4v) is 1.96. The lowest BCUT2D eigenvalue weighted by Gasteiger charge is -2.16. The molecule has 0 bridgehead atoms. The fraction of sp³-hybridized carbons (Fsp3) is 0.462. The lowest BCUT2D eigenvalue weighted by molar-refractivity contribution is 0.700. The molecule has 92 valence electrons. The highest BCUT2D eigenvalue weighted by atomic mass is 35.5. The monoisotopic (exact) mass is 251 g/mol. The molecule has 0 unspecified atom stereocenters. The van der Waals surface area contributed by atoms with E-state index < -0.39 is 0 Å². The largest absolute Gasteiger partial charge is 0.356 e. The molecule has 0 radical (unpaired) electrons. The van der Waals surface area contributed by atoms with Crippen LogP contribution < -0.4 is 10.6 Å². The van der Waals surface area contributed by atoms with E-state index in [0.717, 1.165) is 49.0 Å². The van der Waals surface area contributed by atoms with E-state index in [0.29, 0.717) is 0 Å². The second kappa shape index (κ2) is 5.92. The highest BCUT2D eigenvalue weighted by Gasteiger charge is 2.03. The molecule has 0 saturated carbocycles. The van der Waals surface area contributed by atoms with Gasteiger partial charge in [-0.1, -0.05) is 23.7 Å². The third kappa shape index (κ3) is 3.63. The second-order valence-corrected chi connectivity index (χ2v) is 4.68. The van der Waals surface area contributed by atoms with Crippen molar-refractivity contribution in [2.45, 2.75) is 19.8 Å². The molecule has 0 spiro atoms. The van der Waals surface area contributed by atoms with Crippen LogP contribution in [0.1, 0.15) is 17.5 Å². The summed E-state index contributed by atoms with van der Waals surface area (Å²) in [5.74, 6) is 0.932. The van der Waals surface area contributed by atoms with Crippen molar-refractivity contribution in [1.29, 1.82) is 0 Å². The maximum Gasteiger partial charge on any atom is 0.191 e. The van der Waals surface area contributed by atoms with Gasteiger partial charge >= 0.3 is 0 Å². The summed E-state index contributed by atoms with van der Waals surface area (Å²) in [6.45, 7) is 4.88. The standard InChI is InChI=1S/C13H18ClN3/c1-10-9-11(3-4-12(10)14)5-8-17-13-15-6-2-7-16-13/h3-4,9H,2,5-8H2,1H3,(H2,15,16,17). The van der Waals surface area contributed by atoms with Crippen LogP contribution in [0.3, 0.4) is 0 Å². The molecule has 1 heterocycles. The minimum absolute atomic E-state index is 0.833. The SMILES string of the molecule is Cc1cc(CCNC2=NCCCN2)ccc1Cl. The molecule has 0 fully saturated rings. The predicted octanol–water partition coefficient (Wildman–Crippen LogP) is 2.13. The van der Waals surface area contributed by atoms with Crippen LogP contribution in [0.2, 0.25) is 5.02 Å². The third-order valence-electron chi connectivity index (χ3n) is 2.83. The van der Waals surface area contributed by atoms with Crippen molar-refractivity contribution in [1.82, 2.24) is 10.6 Å². The van der Waals surface area contributed by atoms with Crippen molar-refractivity contribution in [2.75, 3.05) is 19.6 Å². The number of hydrogen-bond donors (Lipinski definition) is 2. The average molecular weight is 252 g/mol. The predicted molar refractivity (Wildman–Crippen MR) is 72.8 cm³/mol. The first kappa shape index (κ1) is 12.2. The number of benzene rings is 1. The summed E-state index contributed by atoms with van der Waals surface area (Å²) < 4.78 is 0. The summed E-state index contributed by atoms with van der Waals surface area (Å²) in [6, 6.07) is 6.18. The van der Waals surface area contributed by atoms with Crippen LogP contribution in [0.5, 0.6) is 0 Å². The Morgan fingerprint density at radius 2 is 2.35 bits per heavy atom. The molecule has 0 aromatic heterocycles. The first-order valence-electron chi connectivity index (χ1n) is 6.03. The molecule has 0 atom stereocenters. The maximum atomic E-state index is 5.99. The Bertz CT molecular complexity index is 415. The normalized spacial score (nSPS) is 15.1. The molecule has 2 rings (SSSR count). The van der Waals surface area contributed by atoms with Crippen LogP contribution in [0.15, 0.2) is 23.2 Å². The molecule has 1 aromatic rings. The quantitative estimate of drug-likeness (QED) is 0.864. The highest BCUT2D eigenvalue weighted by molar-refractivity contribution is 6.31. The molecular weight excluding hydrogens is 234 g/mol. The van der Waals surface area contributed by atoms with Gasteiger partial charge in [0.25, 0.3) is 0 Å². The molecule has 2 N–H and O–H groups in total. The van der Waals surface area contributed by atoms with Gasteiger partial charge in [0.15, 0.2) is 5.96 Å². The van der Waals surface area contributed by atoms with Gasteiger partial charge in [0, 0.05) is 24.7 Å². The minimum atomic E-state index is 0.833. The number of aryl methyl sites for hydroxylation is 1. The van der Waals surface area contributed by atoms with Crippen LogP contribution in [0.4, 0.5) is 0 Å². The third-order valence-corrected chi connectivity index (χ3v) is 3.25. The van der Waals surface area contributed by atoms with E-state index >= 15 is 0 Å². The zero-order chi connectivity index (χ0) is 12.1. The Kier molecular flexibility index (Phi) is 4.26. The Labute approximate surface area is 107 Å². The number of nitrogens with zero attached hydrogens (tertiary/aromatic N) is 1. The van der Waals surface area contributed by atoms with E-state index in [1.807, 2.05) is 13.0 Å². The number of nitrogens with one attached hydrogen (secondary N) is 2. The van der Waals surface area contributed by atoms with Gasteiger partial charge < -0.3 is 10.6 Å². The molecule has 0 saturated heterocycles. The van der Waals surface area contributed by atoms with Gasteiger partial charge in [0.05, 0.1) is 0 Å². The summed E-state index contributed by atoms with van der Waals surface area (Å²) in [5, 5.41) is 7.39. The van der Waals surface area contributed by atoms with Gasteiger partial charge in [-0.05, 0) is 37.0 Å². The van der Waals surface area contributed by atoms with E-state index in [1.54, 1.807) is 0 Å². The van der Waals surface area contributed by atoms with Crippen molar-refractivity contribution in [3.63, 3.8) is 0 Å². The van der Waals surface area contributed by atoms with Gasteiger partial charge in [-0.2, -0.15) is 0 Å². The van der Waals surface area contributed by atoms with E-state index in [9.17, 15) is 0 Å². The van der Waals surface area contributed by atoms with E-state index in [1.165, 1.54) is 5.56 Å². The fourth-order valence-electron chi connectivity index (χ4n) is 1.84. The van der Waals surface area contributed by atoms with E-state index in [-0.39, 0.29) is 0 Å². The second-order valence-electron chi connectivity index (χ2n) is 4.27. The van der Waals surface area contributed by atoms with Crippen molar-refractivity contribution in [3.8, 4) is 0 Å². The van der Waals surface area contributed by atoms with Crippen molar-refractivity contribution >= 4 is 17.6 Å². The summed E-state index contributed by atoms with van der Waals surface area (Å²) in [7, 11) is 0. The minimum Gasteiger partial charge on any atom is -0.356 e. The number of halogens is 1. The van der Waals surface area contributed by atoms with Gasteiger partial charge in [-0.3, -0.25) is 4.99 Å². The summed E-state index contributed by atoms with van der Waals surface area (Å²) in [6.07, 6.45) is 2.11. The molecule has 1 aliphatic rings. The summed E-state index contributed by atoms with van der Waals surface area (Å²) >= 11 is 5.99. The number of rotatable bonds is 3. The molecule has 1 aliphatic heterocycles. The van der Waals surface area contributed by atoms with Crippen LogP contribution in [-0.4, -0.2) is 25.6 Å². The zero-order valence-corrected chi connectivity index (χ0v) is 10.8.